The van der Waals surface area contributed by atoms with Crippen LogP contribution in [0.5, 0.6) is 0 Å². The van der Waals surface area contributed by atoms with E-state index in [4.69, 9.17) is 0 Å². The smallest absolute Gasteiger partial charge is 0.211 e. The number of nitrogens with zero attached hydrogens (tertiary/aromatic N) is 1. The second-order valence-electron chi connectivity index (χ2n) is 3.85. The SMILES string of the molecule is C=C1CCCC[C@@]1(CC)CN=C=O. The molecular weight excluding hydrogens is 162 g/mol. The van der Waals surface area contributed by atoms with Crippen LogP contribution in [0.3, 0.4) is 0 Å². The van der Waals surface area contributed by atoms with Crippen molar-refractivity contribution in [1.29, 1.82) is 0 Å². The summed E-state index contributed by atoms with van der Waals surface area (Å²) in [6, 6.07) is 0. The number of hydrogen-bond donors (Lipinski definition) is 0. The van der Waals surface area contributed by atoms with E-state index >= 15 is 0 Å². The van der Waals surface area contributed by atoms with Crippen molar-refractivity contribution in [2.75, 3.05) is 6.54 Å². The quantitative estimate of drug-likeness (QED) is 0.372. The molecule has 0 radical (unpaired) electrons. The van der Waals surface area contributed by atoms with E-state index in [1.165, 1.54) is 18.4 Å². The zero-order valence-corrected chi connectivity index (χ0v) is 8.31. The fraction of sp³-hybridized carbons (Fsp3) is 0.727. The molecule has 0 amide bonds. The highest BCUT2D eigenvalue weighted by Gasteiger charge is 2.33. The molecule has 1 fully saturated rings. The van der Waals surface area contributed by atoms with E-state index in [1.54, 1.807) is 6.08 Å². The van der Waals surface area contributed by atoms with Crippen LogP contribution in [0.4, 0.5) is 0 Å². The van der Waals surface area contributed by atoms with E-state index in [0.717, 1.165) is 19.3 Å². The van der Waals surface area contributed by atoms with E-state index in [-0.39, 0.29) is 5.41 Å². The van der Waals surface area contributed by atoms with Crippen molar-refractivity contribution in [3.8, 4) is 0 Å². The van der Waals surface area contributed by atoms with Crippen molar-refractivity contribution in [3.63, 3.8) is 0 Å². The Morgan fingerprint density at radius 1 is 1.62 bits per heavy atom. The van der Waals surface area contributed by atoms with Crippen LogP contribution in [-0.4, -0.2) is 12.6 Å². The van der Waals surface area contributed by atoms with E-state index < -0.39 is 0 Å². The standard InChI is InChI=1S/C11H17NO/c1-3-11(8-12-9-13)7-5-4-6-10(11)2/h2-8H2,1H3/t11-/m0/s1. The largest absolute Gasteiger partial charge is 0.234 e. The molecule has 1 aliphatic rings. The van der Waals surface area contributed by atoms with Gasteiger partial charge in [-0.15, -0.1) is 0 Å². The molecule has 2 nitrogen and oxygen atoms in total. The molecule has 13 heavy (non-hydrogen) atoms. The average molecular weight is 179 g/mol. The minimum atomic E-state index is 0.107. The van der Waals surface area contributed by atoms with Crippen molar-refractivity contribution < 1.29 is 4.79 Å². The third-order valence-corrected chi connectivity index (χ3v) is 3.26. The Morgan fingerprint density at radius 3 is 2.92 bits per heavy atom. The summed E-state index contributed by atoms with van der Waals surface area (Å²) in [4.78, 5) is 13.8. The van der Waals surface area contributed by atoms with Crippen LogP contribution in [0.25, 0.3) is 0 Å². The first kappa shape index (κ1) is 10.2. The molecule has 0 aromatic carbocycles. The van der Waals surface area contributed by atoms with Crippen molar-refractivity contribution in [3.05, 3.63) is 12.2 Å². The molecule has 0 saturated heterocycles. The van der Waals surface area contributed by atoms with Gasteiger partial charge < -0.3 is 0 Å². The van der Waals surface area contributed by atoms with Crippen molar-refractivity contribution in [2.45, 2.75) is 39.0 Å². The van der Waals surface area contributed by atoms with Crippen molar-refractivity contribution in [1.82, 2.24) is 0 Å². The minimum Gasteiger partial charge on any atom is -0.211 e. The molecule has 1 rings (SSSR count). The van der Waals surface area contributed by atoms with Gasteiger partial charge >= 0.3 is 0 Å². The molecule has 0 bridgehead atoms. The zero-order chi connectivity index (χ0) is 9.73. The number of aliphatic imine (C=N–C) groups is 1. The second kappa shape index (κ2) is 4.38. The summed E-state index contributed by atoms with van der Waals surface area (Å²) in [5, 5.41) is 0. The molecule has 1 saturated carbocycles. The summed E-state index contributed by atoms with van der Waals surface area (Å²) in [6.45, 7) is 6.84. The van der Waals surface area contributed by atoms with Crippen LogP contribution < -0.4 is 0 Å². The maximum absolute atomic E-state index is 10.1. The van der Waals surface area contributed by atoms with Gasteiger partial charge in [-0.05, 0) is 25.7 Å². The lowest BCUT2D eigenvalue weighted by Gasteiger charge is -2.37. The Morgan fingerprint density at radius 2 is 2.38 bits per heavy atom. The molecule has 72 valence electrons. The van der Waals surface area contributed by atoms with Gasteiger partial charge in [0.2, 0.25) is 6.08 Å². The Balaban J connectivity index is 2.75. The Kier molecular flexibility index (Phi) is 3.44. The highest BCUT2D eigenvalue weighted by atomic mass is 16.1. The van der Waals surface area contributed by atoms with Gasteiger partial charge in [-0.1, -0.05) is 25.5 Å². The first-order valence-electron chi connectivity index (χ1n) is 4.97. The van der Waals surface area contributed by atoms with Gasteiger partial charge in [-0.2, -0.15) is 0 Å². The van der Waals surface area contributed by atoms with E-state index in [9.17, 15) is 4.79 Å². The Labute approximate surface area is 79.8 Å². The fourth-order valence-corrected chi connectivity index (χ4v) is 2.16. The normalized spacial score (nSPS) is 28.2. The van der Waals surface area contributed by atoms with Gasteiger partial charge in [0.15, 0.2) is 0 Å². The number of carbonyl (C=O) groups excluding carboxylic acids is 1. The monoisotopic (exact) mass is 179 g/mol. The number of rotatable bonds is 3. The summed E-state index contributed by atoms with van der Waals surface area (Å²) in [7, 11) is 0. The fourth-order valence-electron chi connectivity index (χ4n) is 2.16. The summed E-state index contributed by atoms with van der Waals surface area (Å²) >= 11 is 0. The number of hydrogen-bond acceptors (Lipinski definition) is 2. The Hall–Kier alpha value is -0.880. The van der Waals surface area contributed by atoms with Crippen LogP contribution in [0.15, 0.2) is 17.1 Å². The highest BCUT2D eigenvalue weighted by Crippen LogP contribution is 2.42. The molecule has 1 aliphatic carbocycles. The van der Waals surface area contributed by atoms with Gasteiger partial charge in [-0.3, -0.25) is 0 Å². The summed E-state index contributed by atoms with van der Waals surface area (Å²) < 4.78 is 0. The maximum atomic E-state index is 10.1. The third-order valence-electron chi connectivity index (χ3n) is 3.26. The molecule has 0 aromatic heterocycles. The van der Waals surface area contributed by atoms with Crippen LogP contribution in [0.1, 0.15) is 39.0 Å². The summed E-state index contributed by atoms with van der Waals surface area (Å²) in [5.74, 6) is 0. The maximum Gasteiger partial charge on any atom is 0.234 e. The average Bonchev–Trinajstić information content (AvgIpc) is 2.17. The minimum absolute atomic E-state index is 0.107. The molecule has 0 heterocycles. The molecule has 0 aliphatic heterocycles. The molecule has 0 spiro atoms. The lowest BCUT2D eigenvalue weighted by Crippen LogP contribution is -2.28. The molecule has 0 unspecified atom stereocenters. The van der Waals surface area contributed by atoms with Crippen LogP contribution in [0.2, 0.25) is 0 Å². The predicted molar refractivity (Wildman–Crippen MR) is 53.3 cm³/mol. The van der Waals surface area contributed by atoms with Gasteiger partial charge in [-0.25, -0.2) is 9.79 Å². The lowest BCUT2D eigenvalue weighted by atomic mass is 9.69. The first-order valence-corrected chi connectivity index (χ1v) is 4.97. The predicted octanol–water partition coefficient (Wildman–Crippen LogP) is 2.85. The lowest BCUT2D eigenvalue weighted by molar-refractivity contribution is 0.274. The van der Waals surface area contributed by atoms with Crippen LogP contribution in [-0.2, 0) is 4.79 Å². The summed E-state index contributed by atoms with van der Waals surface area (Å²) in [6.07, 6.45) is 7.38. The van der Waals surface area contributed by atoms with Gasteiger partial charge in [0.1, 0.15) is 0 Å². The molecule has 1 atom stereocenters. The van der Waals surface area contributed by atoms with Crippen LogP contribution >= 0.6 is 0 Å². The van der Waals surface area contributed by atoms with Crippen LogP contribution in [0, 0.1) is 5.41 Å². The molecular formula is C11H17NO. The first-order chi connectivity index (χ1) is 6.25. The van der Waals surface area contributed by atoms with Gasteiger partial charge in [0, 0.05) is 5.41 Å². The van der Waals surface area contributed by atoms with Gasteiger partial charge in [0.05, 0.1) is 6.54 Å². The molecule has 2 heteroatoms. The second-order valence-corrected chi connectivity index (χ2v) is 3.85. The topological polar surface area (TPSA) is 29.4 Å². The third kappa shape index (κ3) is 2.07. The van der Waals surface area contributed by atoms with Crippen molar-refractivity contribution >= 4 is 6.08 Å². The van der Waals surface area contributed by atoms with Crippen molar-refractivity contribution in [2.24, 2.45) is 10.4 Å². The van der Waals surface area contributed by atoms with E-state index in [0.29, 0.717) is 6.54 Å². The number of isocyanates is 1. The van der Waals surface area contributed by atoms with E-state index in [2.05, 4.69) is 18.5 Å². The van der Waals surface area contributed by atoms with E-state index in [1.807, 2.05) is 0 Å². The highest BCUT2D eigenvalue weighted by molar-refractivity contribution is 5.33. The summed E-state index contributed by atoms with van der Waals surface area (Å²) in [5.41, 5.74) is 1.38. The molecule has 0 N–H and O–H groups in total. The Bertz CT molecular complexity index is 240. The zero-order valence-electron chi connectivity index (χ0n) is 8.31. The van der Waals surface area contributed by atoms with Gasteiger partial charge in [0.25, 0.3) is 0 Å². The molecule has 0 aromatic rings.